The fourth-order valence-corrected chi connectivity index (χ4v) is 0.933. The van der Waals surface area contributed by atoms with Gasteiger partial charge in [-0.15, -0.1) is 0 Å². The molecule has 0 aliphatic carbocycles. The van der Waals surface area contributed by atoms with Crippen molar-refractivity contribution in [1.29, 1.82) is 0 Å². The van der Waals surface area contributed by atoms with Crippen LogP contribution < -0.4 is 0 Å². The van der Waals surface area contributed by atoms with Gasteiger partial charge in [-0.2, -0.15) is 0 Å². The van der Waals surface area contributed by atoms with Crippen molar-refractivity contribution < 1.29 is 4.74 Å². The highest BCUT2D eigenvalue weighted by molar-refractivity contribution is 4.70. The number of hydrogen-bond acceptors (Lipinski definition) is 1. The molecular formula is C20H50O. The lowest BCUT2D eigenvalue weighted by atomic mass is 9.78. The first-order valence-corrected chi connectivity index (χ1v) is 9.22. The average molecular weight is 307 g/mol. The molecule has 0 fully saturated rings. The van der Waals surface area contributed by atoms with Crippen LogP contribution in [0.3, 0.4) is 0 Å². The van der Waals surface area contributed by atoms with Gasteiger partial charge in [-0.3, -0.25) is 0 Å². The van der Waals surface area contributed by atoms with Gasteiger partial charge < -0.3 is 4.74 Å². The van der Waals surface area contributed by atoms with Gasteiger partial charge in [-0.1, -0.05) is 89.0 Å². The molecule has 0 N–H and O–H groups in total. The maximum absolute atomic E-state index is 4.75. The highest BCUT2D eigenvalue weighted by Gasteiger charge is 2.20. The second kappa shape index (κ2) is 28.2. The van der Waals surface area contributed by atoms with Crippen LogP contribution in [0.5, 0.6) is 0 Å². The van der Waals surface area contributed by atoms with Crippen LogP contribution >= 0.6 is 0 Å². The Bertz CT molecular complexity index is 126. The van der Waals surface area contributed by atoms with Crippen molar-refractivity contribution in [2.75, 3.05) is 7.11 Å². The van der Waals surface area contributed by atoms with Crippen LogP contribution in [0.25, 0.3) is 0 Å². The molecule has 136 valence electrons. The molecule has 0 aromatic rings. The molecule has 21 heavy (non-hydrogen) atoms. The van der Waals surface area contributed by atoms with E-state index in [0.717, 1.165) is 5.92 Å². The zero-order valence-electron chi connectivity index (χ0n) is 18.2. The number of hydrogen-bond donors (Lipinski definition) is 0. The van der Waals surface area contributed by atoms with Crippen LogP contribution in [-0.2, 0) is 4.74 Å². The van der Waals surface area contributed by atoms with E-state index in [2.05, 4.69) is 48.5 Å². The zero-order chi connectivity index (χ0) is 18.5. The number of ether oxygens (including phenoxy) is 1. The molecule has 0 radical (unpaired) electrons. The molecule has 0 aromatic carbocycles. The van der Waals surface area contributed by atoms with Gasteiger partial charge in [0, 0.05) is 7.11 Å². The monoisotopic (exact) mass is 306 g/mol. The van der Waals surface area contributed by atoms with Crippen molar-refractivity contribution in [3.05, 3.63) is 0 Å². The predicted molar refractivity (Wildman–Crippen MR) is 104 cm³/mol. The summed E-state index contributed by atoms with van der Waals surface area (Å²) in [5.74, 6) is 0.817. The summed E-state index contributed by atoms with van der Waals surface area (Å²) in [6, 6.07) is 0. The van der Waals surface area contributed by atoms with E-state index in [4.69, 9.17) is 4.74 Å². The van der Waals surface area contributed by atoms with E-state index in [0.29, 0.717) is 11.5 Å². The van der Waals surface area contributed by atoms with Crippen LogP contribution in [0.1, 0.15) is 109 Å². The minimum absolute atomic E-state index is 0.384. The molecule has 0 rings (SSSR count). The van der Waals surface area contributed by atoms with Crippen LogP contribution in [-0.4, -0.2) is 13.2 Å². The van der Waals surface area contributed by atoms with E-state index in [-0.39, 0.29) is 0 Å². The molecule has 0 spiro atoms. The fraction of sp³-hybridized carbons (Fsp3) is 1.00. The third-order valence-corrected chi connectivity index (χ3v) is 2.93. The minimum Gasteiger partial charge on any atom is -0.382 e. The summed E-state index contributed by atoms with van der Waals surface area (Å²) in [6.45, 7) is 27.8. The quantitative estimate of drug-likeness (QED) is 0.511. The second-order valence-electron chi connectivity index (χ2n) is 5.88. The van der Waals surface area contributed by atoms with Crippen molar-refractivity contribution >= 4 is 0 Å². The third kappa shape index (κ3) is 45.0. The van der Waals surface area contributed by atoms with Crippen molar-refractivity contribution in [3.63, 3.8) is 0 Å². The lowest BCUT2D eigenvalue weighted by Crippen LogP contribution is -2.18. The van der Waals surface area contributed by atoms with Crippen molar-refractivity contribution in [2.45, 2.75) is 115 Å². The summed E-state index contributed by atoms with van der Waals surface area (Å²) in [5.41, 5.74) is 0.550. The van der Waals surface area contributed by atoms with E-state index in [9.17, 15) is 0 Å². The van der Waals surface area contributed by atoms with Gasteiger partial charge in [0.15, 0.2) is 0 Å². The second-order valence-corrected chi connectivity index (χ2v) is 5.88. The Balaban J connectivity index is -0.0000000604. The summed E-state index contributed by atoms with van der Waals surface area (Å²) in [7, 11) is 1.70. The van der Waals surface area contributed by atoms with Gasteiger partial charge in [0.2, 0.25) is 0 Å². The van der Waals surface area contributed by atoms with E-state index < -0.39 is 0 Å². The van der Waals surface area contributed by atoms with Crippen molar-refractivity contribution in [1.82, 2.24) is 0 Å². The Morgan fingerprint density at radius 1 is 0.810 bits per heavy atom. The van der Waals surface area contributed by atoms with Crippen LogP contribution in [0.2, 0.25) is 0 Å². The van der Waals surface area contributed by atoms with Gasteiger partial charge >= 0.3 is 0 Å². The molecule has 0 aromatic heterocycles. The predicted octanol–water partition coefficient (Wildman–Crippen LogP) is 7.98. The Morgan fingerprint density at radius 2 is 1.05 bits per heavy atom. The average Bonchev–Trinajstić information content (AvgIpc) is 2.44. The summed E-state index contributed by atoms with van der Waals surface area (Å²) in [4.78, 5) is 0. The Kier molecular flexibility index (Phi) is 44.0. The van der Waals surface area contributed by atoms with Crippen LogP contribution in [0.15, 0.2) is 0 Å². The topological polar surface area (TPSA) is 9.23 Å². The molecule has 1 nitrogen and oxygen atoms in total. The summed E-state index contributed by atoms with van der Waals surface area (Å²) >= 11 is 0. The molecule has 0 amide bonds. The molecule has 0 bridgehead atoms. The van der Waals surface area contributed by atoms with E-state index in [1.165, 1.54) is 19.3 Å². The van der Waals surface area contributed by atoms with Crippen LogP contribution in [0.4, 0.5) is 0 Å². The lowest BCUT2D eigenvalue weighted by molar-refractivity contribution is 0.134. The van der Waals surface area contributed by atoms with Gasteiger partial charge in [-0.05, 0) is 31.6 Å². The number of methoxy groups -OCH3 is 1. The molecule has 0 saturated carbocycles. The van der Waals surface area contributed by atoms with E-state index >= 15 is 0 Å². The minimum atomic E-state index is 0.384. The summed E-state index contributed by atoms with van der Waals surface area (Å²) < 4.78 is 4.75. The normalized spacial score (nSPS) is 9.14. The van der Waals surface area contributed by atoms with Gasteiger partial charge in [-0.25, -0.2) is 0 Å². The molecule has 0 heterocycles. The lowest BCUT2D eigenvalue weighted by Gasteiger charge is -2.28. The smallest absolute Gasteiger partial charge is 0.0515 e. The molecule has 1 heteroatoms. The first-order valence-electron chi connectivity index (χ1n) is 9.22. The molecule has 0 unspecified atom stereocenters. The standard InChI is InChI=1S/C9H20.C4H10O.C3H8.2C2H6/c1-6-7-9(4,5)8(2)3;1-4(2)5-3;1-3-2;2*1-2/h8H,6-7H2,1-5H3;4H,1-3H3;3H2,1-2H3;2*1-2H3. The molecule has 0 aliphatic heterocycles. The molecular weight excluding hydrogens is 256 g/mol. The first-order chi connectivity index (χ1) is 9.69. The van der Waals surface area contributed by atoms with Gasteiger partial charge in [0.05, 0.1) is 6.10 Å². The maximum atomic E-state index is 4.75. The Morgan fingerprint density at radius 3 is 1.10 bits per heavy atom. The fourth-order valence-electron chi connectivity index (χ4n) is 0.933. The van der Waals surface area contributed by atoms with Gasteiger partial charge in [0.25, 0.3) is 0 Å². The van der Waals surface area contributed by atoms with Crippen molar-refractivity contribution in [2.24, 2.45) is 11.3 Å². The molecule has 0 aliphatic rings. The molecule has 0 saturated heterocycles. The maximum Gasteiger partial charge on any atom is 0.0515 e. The Labute approximate surface area is 139 Å². The van der Waals surface area contributed by atoms with E-state index in [1.807, 2.05) is 41.5 Å². The third-order valence-electron chi connectivity index (χ3n) is 2.93. The number of rotatable bonds is 4. The van der Waals surface area contributed by atoms with Crippen LogP contribution in [0, 0.1) is 11.3 Å². The summed E-state index contributed by atoms with van der Waals surface area (Å²) in [6.07, 6.45) is 4.30. The van der Waals surface area contributed by atoms with E-state index in [1.54, 1.807) is 7.11 Å². The highest BCUT2D eigenvalue weighted by Crippen LogP contribution is 2.30. The Hall–Kier alpha value is -0.0400. The highest BCUT2D eigenvalue weighted by atomic mass is 16.5. The van der Waals surface area contributed by atoms with Gasteiger partial charge in [0.1, 0.15) is 0 Å². The zero-order valence-corrected chi connectivity index (χ0v) is 18.2. The molecule has 0 atom stereocenters. The van der Waals surface area contributed by atoms with Crippen molar-refractivity contribution in [3.8, 4) is 0 Å². The summed E-state index contributed by atoms with van der Waals surface area (Å²) in [5, 5.41) is 0. The first kappa shape index (κ1) is 32.8. The largest absolute Gasteiger partial charge is 0.382 e. The SMILES string of the molecule is CC.CC.CCC.CCCC(C)(C)C(C)C.COC(C)C.